The fourth-order valence-electron chi connectivity index (χ4n) is 1.94. The van der Waals surface area contributed by atoms with Crippen molar-refractivity contribution in [3.8, 4) is 0 Å². The number of halogens is 2. The number of carbonyl (C=O) groups excluding carboxylic acids is 1. The number of carbonyl (C=O) groups is 2. The zero-order chi connectivity index (χ0) is 13.5. The van der Waals surface area contributed by atoms with Crippen LogP contribution in [0.5, 0.6) is 0 Å². The van der Waals surface area contributed by atoms with Gasteiger partial charge in [0.25, 0.3) is 5.91 Å². The number of hydrogen-bond acceptors (Lipinski definition) is 2. The predicted molar refractivity (Wildman–Crippen MR) is 58.1 cm³/mol. The van der Waals surface area contributed by atoms with E-state index < -0.39 is 29.0 Å². The number of rotatable bonds is 2. The Labute approximate surface area is 102 Å². The Balaban J connectivity index is 2.30. The molecule has 0 bridgehead atoms. The average Bonchev–Trinajstić information content (AvgIpc) is 2.24. The van der Waals surface area contributed by atoms with Crippen molar-refractivity contribution < 1.29 is 23.5 Å². The Morgan fingerprint density at radius 2 is 1.83 bits per heavy atom. The van der Waals surface area contributed by atoms with Crippen LogP contribution in [0.1, 0.15) is 23.7 Å². The number of aliphatic carboxylic acids is 1. The van der Waals surface area contributed by atoms with Crippen LogP contribution in [0, 0.1) is 11.6 Å². The van der Waals surface area contributed by atoms with Gasteiger partial charge in [0, 0.05) is 18.2 Å². The molecule has 2 rings (SSSR count). The quantitative estimate of drug-likeness (QED) is 0.874. The third kappa shape index (κ3) is 1.83. The minimum Gasteiger partial charge on any atom is -0.480 e. The number of carboxylic acid groups (broad SMARTS) is 1. The van der Waals surface area contributed by atoms with Crippen LogP contribution in [0.3, 0.4) is 0 Å². The van der Waals surface area contributed by atoms with Gasteiger partial charge in [0.1, 0.15) is 17.2 Å². The predicted octanol–water partition coefficient (Wildman–Crippen LogP) is 1.65. The van der Waals surface area contributed by atoms with Crippen molar-refractivity contribution in [2.75, 3.05) is 6.54 Å². The average molecular weight is 255 g/mol. The van der Waals surface area contributed by atoms with Crippen molar-refractivity contribution in [2.24, 2.45) is 0 Å². The van der Waals surface area contributed by atoms with Gasteiger partial charge in [-0.25, -0.2) is 13.6 Å². The van der Waals surface area contributed by atoms with Crippen molar-refractivity contribution in [2.45, 2.75) is 18.9 Å². The second-order valence-corrected chi connectivity index (χ2v) is 4.44. The highest BCUT2D eigenvalue weighted by molar-refractivity contribution is 5.99. The van der Waals surface area contributed by atoms with Crippen LogP contribution in [-0.2, 0) is 4.79 Å². The largest absolute Gasteiger partial charge is 0.480 e. The summed E-state index contributed by atoms with van der Waals surface area (Å²) in [5, 5.41) is 9.03. The second-order valence-electron chi connectivity index (χ2n) is 4.44. The Kier molecular flexibility index (Phi) is 2.80. The molecule has 1 N–H and O–H groups in total. The molecule has 96 valence electrons. The maximum Gasteiger partial charge on any atom is 0.329 e. The van der Waals surface area contributed by atoms with E-state index in [9.17, 15) is 18.4 Å². The lowest BCUT2D eigenvalue weighted by Crippen LogP contribution is -2.64. The maximum absolute atomic E-state index is 13.0. The normalized spacial score (nSPS) is 22.5. The summed E-state index contributed by atoms with van der Waals surface area (Å²) in [6.07, 6.45) is 0.325. The molecular weight excluding hydrogens is 244 g/mol. The molecule has 18 heavy (non-hydrogen) atoms. The molecule has 0 radical (unpaired) electrons. The van der Waals surface area contributed by atoms with Gasteiger partial charge in [0.15, 0.2) is 0 Å². The molecule has 1 aromatic carbocycles. The molecule has 0 saturated carbocycles. The molecule has 4 nitrogen and oxygen atoms in total. The minimum absolute atomic E-state index is 0.181. The molecule has 1 aliphatic heterocycles. The van der Waals surface area contributed by atoms with Crippen LogP contribution in [0.2, 0.25) is 0 Å². The van der Waals surface area contributed by atoms with Gasteiger partial charge in [-0.15, -0.1) is 0 Å². The molecule has 1 fully saturated rings. The van der Waals surface area contributed by atoms with Gasteiger partial charge < -0.3 is 10.0 Å². The third-order valence-electron chi connectivity index (χ3n) is 3.23. The van der Waals surface area contributed by atoms with E-state index >= 15 is 0 Å². The van der Waals surface area contributed by atoms with Gasteiger partial charge in [-0.05, 0) is 25.5 Å². The highest BCUT2D eigenvalue weighted by atomic mass is 19.1. The van der Waals surface area contributed by atoms with Gasteiger partial charge in [-0.2, -0.15) is 0 Å². The van der Waals surface area contributed by atoms with E-state index in [2.05, 4.69) is 0 Å². The molecule has 0 aromatic heterocycles. The van der Waals surface area contributed by atoms with Crippen LogP contribution in [0.4, 0.5) is 8.78 Å². The Morgan fingerprint density at radius 3 is 2.22 bits per heavy atom. The summed E-state index contributed by atoms with van der Waals surface area (Å²) in [4.78, 5) is 24.1. The summed E-state index contributed by atoms with van der Waals surface area (Å²) in [5.74, 6) is -3.53. The fourth-order valence-corrected chi connectivity index (χ4v) is 1.94. The number of benzene rings is 1. The van der Waals surface area contributed by atoms with Crippen molar-refractivity contribution in [3.05, 3.63) is 35.4 Å². The van der Waals surface area contributed by atoms with Crippen molar-refractivity contribution in [1.29, 1.82) is 0 Å². The van der Waals surface area contributed by atoms with Gasteiger partial charge in [0.05, 0.1) is 0 Å². The van der Waals surface area contributed by atoms with Gasteiger partial charge in [0.2, 0.25) is 0 Å². The second kappa shape index (κ2) is 4.04. The summed E-state index contributed by atoms with van der Waals surface area (Å²) in [5.41, 5.74) is -1.47. The molecule has 0 spiro atoms. The third-order valence-corrected chi connectivity index (χ3v) is 3.23. The number of carboxylic acids is 1. The molecule has 1 unspecified atom stereocenters. The molecule has 1 atom stereocenters. The Bertz CT molecular complexity index is 512. The monoisotopic (exact) mass is 255 g/mol. The van der Waals surface area contributed by atoms with Crippen LogP contribution < -0.4 is 0 Å². The summed E-state index contributed by atoms with van der Waals surface area (Å²) < 4.78 is 26.0. The molecule has 6 heteroatoms. The number of nitrogens with zero attached hydrogens (tertiary/aromatic N) is 1. The summed E-state index contributed by atoms with van der Waals surface area (Å²) in [6, 6.07) is 2.45. The molecule has 1 heterocycles. The van der Waals surface area contributed by atoms with E-state index in [0.29, 0.717) is 12.5 Å². The van der Waals surface area contributed by atoms with Crippen molar-refractivity contribution in [3.63, 3.8) is 0 Å². The summed E-state index contributed by atoms with van der Waals surface area (Å²) in [7, 11) is 0. The zero-order valence-corrected chi connectivity index (χ0v) is 9.61. The van der Waals surface area contributed by atoms with Crippen LogP contribution in [0.25, 0.3) is 0 Å². The number of amides is 1. The van der Waals surface area contributed by atoms with E-state index in [1.807, 2.05) is 0 Å². The SMILES string of the molecule is CC1(C(=O)O)CCN1C(=O)c1cc(F)cc(F)c1. The first-order valence-corrected chi connectivity index (χ1v) is 5.36. The van der Waals surface area contributed by atoms with E-state index in [-0.39, 0.29) is 12.1 Å². The van der Waals surface area contributed by atoms with Crippen LogP contribution in [-0.4, -0.2) is 34.0 Å². The minimum atomic E-state index is -1.29. The first-order chi connectivity index (χ1) is 8.34. The van der Waals surface area contributed by atoms with Crippen molar-refractivity contribution >= 4 is 11.9 Å². The molecular formula is C12H11F2NO3. The van der Waals surface area contributed by atoms with E-state index in [0.717, 1.165) is 17.0 Å². The smallest absolute Gasteiger partial charge is 0.329 e. The lowest BCUT2D eigenvalue weighted by Gasteiger charge is -2.47. The number of hydrogen-bond donors (Lipinski definition) is 1. The first-order valence-electron chi connectivity index (χ1n) is 5.36. The fraction of sp³-hybridized carbons (Fsp3) is 0.333. The maximum atomic E-state index is 13.0. The van der Waals surface area contributed by atoms with E-state index in [4.69, 9.17) is 5.11 Å². The zero-order valence-electron chi connectivity index (χ0n) is 9.61. The highest BCUT2D eigenvalue weighted by Gasteiger charge is 2.49. The number of likely N-dealkylation sites (tertiary alicyclic amines) is 1. The standard InChI is InChI=1S/C12H11F2NO3/c1-12(11(17)18)2-3-15(12)10(16)7-4-8(13)6-9(14)5-7/h4-6H,2-3H2,1H3,(H,17,18). The van der Waals surface area contributed by atoms with Crippen molar-refractivity contribution in [1.82, 2.24) is 4.90 Å². The Morgan fingerprint density at radius 1 is 1.28 bits per heavy atom. The molecule has 0 aliphatic carbocycles. The lowest BCUT2D eigenvalue weighted by molar-refractivity contribution is -0.155. The highest BCUT2D eigenvalue weighted by Crippen LogP contribution is 2.32. The summed E-state index contributed by atoms with van der Waals surface area (Å²) >= 11 is 0. The van der Waals surface area contributed by atoms with E-state index in [1.165, 1.54) is 6.92 Å². The topological polar surface area (TPSA) is 57.6 Å². The molecule has 1 saturated heterocycles. The molecule has 1 aliphatic rings. The molecule has 1 aromatic rings. The first kappa shape index (κ1) is 12.5. The summed E-state index contributed by atoms with van der Waals surface area (Å²) in [6.45, 7) is 1.67. The van der Waals surface area contributed by atoms with Gasteiger partial charge >= 0.3 is 5.97 Å². The van der Waals surface area contributed by atoms with Crippen LogP contribution in [0.15, 0.2) is 18.2 Å². The van der Waals surface area contributed by atoms with E-state index in [1.54, 1.807) is 0 Å². The van der Waals surface area contributed by atoms with Gasteiger partial charge in [-0.1, -0.05) is 0 Å². The molecule has 1 amide bonds. The lowest BCUT2D eigenvalue weighted by atomic mass is 9.86. The van der Waals surface area contributed by atoms with Crippen LogP contribution >= 0.6 is 0 Å². The Hall–Kier alpha value is -1.98. The van der Waals surface area contributed by atoms with Gasteiger partial charge in [-0.3, -0.25) is 4.79 Å².